The van der Waals surface area contributed by atoms with Gasteiger partial charge in [-0.05, 0) is 114 Å². The molecule has 0 amide bonds. The Bertz CT molecular complexity index is 956. The van der Waals surface area contributed by atoms with Gasteiger partial charge in [-0.1, -0.05) is 55.4 Å². The third kappa shape index (κ3) is 3.85. The van der Waals surface area contributed by atoms with Gasteiger partial charge in [-0.25, -0.2) is 4.39 Å². The van der Waals surface area contributed by atoms with Gasteiger partial charge in [-0.2, -0.15) is 0 Å². The maximum Gasteiger partial charge on any atom is 0.135 e. The van der Waals surface area contributed by atoms with Gasteiger partial charge in [0.2, 0.25) is 0 Å². The molecule has 0 unspecified atom stereocenters. The fraction of sp³-hybridized carbons (Fsp3) is 0.586. The lowest BCUT2D eigenvalue weighted by atomic mass is 9.74. The molecular formula is C29H43F. The van der Waals surface area contributed by atoms with Crippen LogP contribution in [0.15, 0.2) is 0 Å². The second-order valence-corrected chi connectivity index (χ2v) is 10.5. The van der Waals surface area contributed by atoms with E-state index in [1.54, 1.807) is 0 Å². The van der Waals surface area contributed by atoms with Crippen LogP contribution in [0.3, 0.4) is 0 Å². The van der Waals surface area contributed by atoms with Crippen molar-refractivity contribution >= 4 is 0 Å². The lowest BCUT2D eigenvalue weighted by Gasteiger charge is -2.30. The van der Waals surface area contributed by atoms with Crippen molar-refractivity contribution in [1.82, 2.24) is 0 Å². The maximum absolute atomic E-state index is 16.4. The molecule has 0 aromatic heterocycles. The van der Waals surface area contributed by atoms with Crippen molar-refractivity contribution in [3.05, 3.63) is 55.9 Å². The molecule has 2 aromatic rings. The van der Waals surface area contributed by atoms with Crippen LogP contribution in [0.4, 0.5) is 4.39 Å². The zero-order valence-electron chi connectivity index (χ0n) is 21.7. The minimum Gasteiger partial charge on any atom is -0.206 e. The molecular weight excluding hydrogens is 367 g/mol. The van der Waals surface area contributed by atoms with Gasteiger partial charge in [0.15, 0.2) is 0 Å². The van der Waals surface area contributed by atoms with E-state index >= 15 is 4.39 Å². The van der Waals surface area contributed by atoms with E-state index in [1.807, 2.05) is 0 Å². The van der Waals surface area contributed by atoms with Gasteiger partial charge >= 0.3 is 0 Å². The van der Waals surface area contributed by atoms with Gasteiger partial charge in [-0.3, -0.25) is 0 Å². The Labute approximate surface area is 185 Å². The highest BCUT2D eigenvalue weighted by atomic mass is 19.1. The van der Waals surface area contributed by atoms with E-state index in [1.165, 1.54) is 38.9 Å². The van der Waals surface area contributed by atoms with Crippen molar-refractivity contribution in [2.45, 2.75) is 114 Å². The van der Waals surface area contributed by atoms with Crippen molar-refractivity contribution in [1.29, 1.82) is 0 Å². The number of benzene rings is 2. The predicted molar refractivity (Wildman–Crippen MR) is 132 cm³/mol. The van der Waals surface area contributed by atoms with Gasteiger partial charge < -0.3 is 0 Å². The topological polar surface area (TPSA) is 0 Å². The minimum atomic E-state index is -0.00518. The second-order valence-electron chi connectivity index (χ2n) is 10.5. The number of halogens is 1. The molecule has 0 nitrogen and oxygen atoms in total. The maximum atomic E-state index is 16.4. The molecule has 0 aliphatic rings. The summed E-state index contributed by atoms with van der Waals surface area (Å²) < 4.78 is 16.4. The lowest BCUT2D eigenvalue weighted by Crippen LogP contribution is -2.13. The fourth-order valence-electron chi connectivity index (χ4n) is 5.73. The fourth-order valence-corrected chi connectivity index (χ4v) is 5.73. The summed E-state index contributed by atoms with van der Waals surface area (Å²) in [7, 11) is 0. The van der Waals surface area contributed by atoms with Crippen molar-refractivity contribution in [3.8, 4) is 11.1 Å². The molecule has 2 rings (SSSR count). The zero-order chi connectivity index (χ0) is 23.2. The lowest BCUT2D eigenvalue weighted by molar-refractivity contribution is 0.593. The summed E-state index contributed by atoms with van der Waals surface area (Å²) in [6.07, 6.45) is 0. The highest BCUT2D eigenvalue weighted by Crippen LogP contribution is 2.46. The van der Waals surface area contributed by atoms with Crippen LogP contribution in [0.2, 0.25) is 0 Å². The molecule has 0 atom stereocenters. The number of hydrogen-bond donors (Lipinski definition) is 0. The van der Waals surface area contributed by atoms with Crippen LogP contribution in [0.1, 0.15) is 129 Å². The highest BCUT2D eigenvalue weighted by molar-refractivity contribution is 5.80. The van der Waals surface area contributed by atoms with Crippen molar-refractivity contribution < 1.29 is 4.39 Å². The van der Waals surface area contributed by atoms with Crippen LogP contribution in [0, 0.1) is 40.4 Å². The molecule has 2 aromatic carbocycles. The van der Waals surface area contributed by atoms with Crippen LogP contribution >= 0.6 is 0 Å². The largest absolute Gasteiger partial charge is 0.206 e. The highest BCUT2D eigenvalue weighted by Gasteiger charge is 2.29. The molecule has 0 heterocycles. The quantitative estimate of drug-likeness (QED) is 0.460. The SMILES string of the molecule is Cc1c(C)c(C(C)C)c(C(C)C)c(C)c1-c1c(F)c(C(C)C)c(C)c(C)c1C(C)C. The molecule has 0 bridgehead atoms. The van der Waals surface area contributed by atoms with E-state index in [2.05, 4.69) is 90.0 Å². The van der Waals surface area contributed by atoms with Gasteiger partial charge in [0.25, 0.3) is 0 Å². The van der Waals surface area contributed by atoms with Gasteiger partial charge in [0.05, 0.1) is 0 Å². The molecule has 1 heteroatoms. The summed E-state index contributed by atoms with van der Waals surface area (Å²) in [5.74, 6) is 1.27. The molecule has 0 aliphatic carbocycles. The monoisotopic (exact) mass is 410 g/mol. The standard InChI is InChI=1S/C29H43F/c1-14(2)23-19(10)21(12)27(22(13)25(23)16(5)6)28-24(15(3)4)18(9)20(11)26(17(7)8)29(28)30/h14-17H,1-13H3. The van der Waals surface area contributed by atoms with Crippen molar-refractivity contribution in [2.75, 3.05) is 0 Å². The van der Waals surface area contributed by atoms with Crippen molar-refractivity contribution in [3.63, 3.8) is 0 Å². The van der Waals surface area contributed by atoms with Crippen LogP contribution in [0.25, 0.3) is 11.1 Å². The van der Waals surface area contributed by atoms with E-state index in [0.29, 0.717) is 11.8 Å². The first-order valence-corrected chi connectivity index (χ1v) is 11.7. The summed E-state index contributed by atoms with van der Waals surface area (Å²) >= 11 is 0. The number of rotatable bonds is 5. The smallest absolute Gasteiger partial charge is 0.135 e. The Morgan fingerprint density at radius 2 is 0.733 bits per heavy atom. The van der Waals surface area contributed by atoms with Crippen LogP contribution in [0.5, 0.6) is 0 Å². The molecule has 0 aliphatic heterocycles. The van der Waals surface area contributed by atoms with Gasteiger partial charge in [-0.15, -0.1) is 0 Å². The molecule has 0 fully saturated rings. The van der Waals surface area contributed by atoms with Gasteiger partial charge in [0.1, 0.15) is 5.82 Å². The Hall–Kier alpha value is -1.63. The van der Waals surface area contributed by atoms with Crippen LogP contribution < -0.4 is 0 Å². The summed E-state index contributed by atoms with van der Waals surface area (Å²) in [4.78, 5) is 0. The van der Waals surface area contributed by atoms with E-state index in [4.69, 9.17) is 0 Å². The third-order valence-corrected chi connectivity index (χ3v) is 7.07. The first-order valence-electron chi connectivity index (χ1n) is 11.7. The first-order chi connectivity index (χ1) is 13.7. The molecule has 0 saturated heterocycles. The summed E-state index contributed by atoms with van der Waals surface area (Å²) in [6.45, 7) is 28.6. The minimum absolute atomic E-state index is 0.00518. The third-order valence-electron chi connectivity index (χ3n) is 7.07. The molecule has 0 N–H and O–H groups in total. The Morgan fingerprint density at radius 3 is 1.13 bits per heavy atom. The number of hydrogen-bond acceptors (Lipinski definition) is 0. The molecule has 30 heavy (non-hydrogen) atoms. The van der Waals surface area contributed by atoms with Crippen molar-refractivity contribution in [2.24, 2.45) is 0 Å². The molecule has 166 valence electrons. The van der Waals surface area contributed by atoms with E-state index in [9.17, 15) is 0 Å². The summed E-state index contributed by atoms with van der Waals surface area (Å²) in [6, 6.07) is 0. The molecule has 0 spiro atoms. The Kier molecular flexibility index (Phi) is 7.27. The Balaban J connectivity index is 3.20. The van der Waals surface area contributed by atoms with E-state index in [0.717, 1.165) is 22.3 Å². The van der Waals surface area contributed by atoms with Gasteiger partial charge in [0, 0.05) is 5.56 Å². The predicted octanol–water partition coefficient (Wildman–Crippen LogP) is 9.53. The summed E-state index contributed by atoms with van der Waals surface area (Å²) in [5, 5.41) is 0. The second kappa shape index (κ2) is 8.85. The molecule has 0 radical (unpaired) electrons. The van der Waals surface area contributed by atoms with Crippen LogP contribution in [-0.4, -0.2) is 0 Å². The molecule has 0 saturated carbocycles. The average Bonchev–Trinajstić information content (AvgIpc) is 2.60. The normalized spacial score (nSPS) is 12.2. The van der Waals surface area contributed by atoms with E-state index < -0.39 is 0 Å². The van der Waals surface area contributed by atoms with E-state index in [-0.39, 0.29) is 17.7 Å². The Morgan fingerprint density at radius 1 is 0.400 bits per heavy atom. The zero-order valence-corrected chi connectivity index (χ0v) is 21.7. The summed E-state index contributed by atoms with van der Waals surface area (Å²) in [5.41, 5.74) is 13.1. The average molecular weight is 411 g/mol. The van der Waals surface area contributed by atoms with Crippen LogP contribution in [-0.2, 0) is 0 Å². The first kappa shape index (κ1) is 24.6.